The molecule has 21 heavy (non-hydrogen) atoms. The molecule has 6 heteroatoms. The molecule has 0 saturated heterocycles. The summed E-state index contributed by atoms with van der Waals surface area (Å²) >= 11 is 0. The largest absolute Gasteiger partial charge is 0.354 e. The highest BCUT2D eigenvalue weighted by Gasteiger charge is 2.14. The Labute approximate surface area is 120 Å². The van der Waals surface area contributed by atoms with E-state index in [0.717, 1.165) is 5.56 Å². The summed E-state index contributed by atoms with van der Waals surface area (Å²) in [5, 5.41) is 0.627. The van der Waals surface area contributed by atoms with Crippen LogP contribution in [0.2, 0.25) is 0 Å². The molecule has 2 aromatic carbocycles. The molecule has 1 heterocycles. The summed E-state index contributed by atoms with van der Waals surface area (Å²) in [6, 6.07) is 13.8. The number of nitrogens with zero attached hydrogens (tertiary/aromatic N) is 2. The number of rotatable bonds is 2. The van der Waals surface area contributed by atoms with Gasteiger partial charge in [0, 0.05) is 10.9 Å². The van der Waals surface area contributed by atoms with E-state index in [9.17, 15) is 4.39 Å². The normalized spacial score (nSPS) is 10.5. The zero-order valence-electron chi connectivity index (χ0n) is 11.0. The van der Waals surface area contributed by atoms with Crippen molar-refractivity contribution in [3.8, 4) is 11.3 Å². The maximum absolute atomic E-state index is 13.5. The SMILES string of the molecule is NC(N)=[NH+]c1nc(-c2ccccc2)c2cc(F)ccc2n1. The van der Waals surface area contributed by atoms with Gasteiger partial charge in [-0.25, -0.2) is 9.38 Å². The van der Waals surface area contributed by atoms with Crippen LogP contribution in [0.3, 0.4) is 0 Å². The first-order valence-electron chi connectivity index (χ1n) is 6.31. The average molecular weight is 282 g/mol. The van der Waals surface area contributed by atoms with E-state index in [0.29, 0.717) is 16.6 Å². The van der Waals surface area contributed by atoms with Gasteiger partial charge in [0.1, 0.15) is 17.0 Å². The lowest BCUT2D eigenvalue weighted by molar-refractivity contribution is -0.366. The van der Waals surface area contributed by atoms with Gasteiger partial charge in [-0.1, -0.05) is 30.3 Å². The molecule has 5 N–H and O–H groups in total. The molecule has 0 fully saturated rings. The zero-order valence-corrected chi connectivity index (χ0v) is 11.0. The molecule has 0 aliphatic carbocycles. The second kappa shape index (κ2) is 5.16. The fourth-order valence-corrected chi connectivity index (χ4v) is 2.10. The highest BCUT2D eigenvalue weighted by atomic mass is 19.1. The van der Waals surface area contributed by atoms with E-state index in [2.05, 4.69) is 15.0 Å². The van der Waals surface area contributed by atoms with Gasteiger partial charge in [-0.05, 0) is 18.2 Å². The molecule has 3 aromatic rings. The number of nitrogens with one attached hydrogen (secondary N) is 1. The second-order valence-electron chi connectivity index (χ2n) is 4.50. The maximum Gasteiger partial charge on any atom is 0.354 e. The van der Waals surface area contributed by atoms with E-state index < -0.39 is 0 Å². The maximum atomic E-state index is 13.5. The number of aromatic nitrogens is 2. The molecule has 1 aromatic heterocycles. The van der Waals surface area contributed by atoms with E-state index >= 15 is 0 Å². The van der Waals surface area contributed by atoms with Gasteiger partial charge in [0.05, 0.1) is 0 Å². The van der Waals surface area contributed by atoms with Gasteiger partial charge < -0.3 is 11.5 Å². The monoisotopic (exact) mass is 282 g/mol. The lowest BCUT2D eigenvalue weighted by atomic mass is 10.1. The minimum absolute atomic E-state index is 0.00419. The second-order valence-corrected chi connectivity index (χ2v) is 4.50. The molecule has 0 unspecified atom stereocenters. The van der Waals surface area contributed by atoms with Crippen LogP contribution >= 0.6 is 0 Å². The van der Waals surface area contributed by atoms with Crippen molar-refractivity contribution in [3.63, 3.8) is 0 Å². The van der Waals surface area contributed by atoms with Crippen molar-refractivity contribution in [1.29, 1.82) is 0 Å². The Morgan fingerprint density at radius 1 is 1.00 bits per heavy atom. The Balaban J connectivity index is 2.33. The number of guanidine groups is 1. The van der Waals surface area contributed by atoms with Gasteiger partial charge in [0.15, 0.2) is 0 Å². The van der Waals surface area contributed by atoms with E-state index in [1.165, 1.54) is 12.1 Å². The van der Waals surface area contributed by atoms with Crippen molar-refractivity contribution in [3.05, 3.63) is 54.3 Å². The van der Waals surface area contributed by atoms with Gasteiger partial charge in [-0.2, -0.15) is 0 Å². The third-order valence-corrected chi connectivity index (χ3v) is 2.96. The van der Waals surface area contributed by atoms with Gasteiger partial charge in [-0.3, -0.25) is 0 Å². The van der Waals surface area contributed by atoms with Gasteiger partial charge in [-0.15, -0.1) is 9.97 Å². The first-order chi connectivity index (χ1) is 10.1. The van der Waals surface area contributed by atoms with Crippen molar-refractivity contribution in [2.24, 2.45) is 11.5 Å². The molecule has 0 aliphatic heterocycles. The van der Waals surface area contributed by atoms with Crippen molar-refractivity contribution in [2.75, 3.05) is 0 Å². The lowest BCUT2D eigenvalue weighted by Crippen LogP contribution is -2.73. The van der Waals surface area contributed by atoms with Crippen LogP contribution < -0.4 is 16.5 Å². The summed E-state index contributed by atoms with van der Waals surface area (Å²) in [6.07, 6.45) is 0. The van der Waals surface area contributed by atoms with Crippen LogP contribution in [0, 0.1) is 5.82 Å². The smallest absolute Gasteiger partial charge is 0.323 e. The molecule has 5 nitrogen and oxygen atoms in total. The van der Waals surface area contributed by atoms with Crippen LogP contribution in [-0.2, 0) is 0 Å². The third kappa shape index (κ3) is 2.64. The quantitative estimate of drug-likeness (QED) is 0.469. The fourth-order valence-electron chi connectivity index (χ4n) is 2.10. The van der Waals surface area contributed by atoms with E-state index in [1.807, 2.05) is 30.3 Å². The van der Waals surface area contributed by atoms with E-state index in [1.54, 1.807) is 6.07 Å². The highest BCUT2D eigenvalue weighted by Crippen LogP contribution is 2.26. The van der Waals surface area contributed by atoms with E-state index in [4.69, 9.17) is 11.5 Å². The lowest BCUT2D eigenvalue weighted by Gasteiger charge is -2.03. The van der Waals surface area contributed by atoms with Crippen molar-refractivity contribution in [1.82, 2.24) is 9.97 Å². The predicted octanol–water partition coefficient (Wildman–Crippen LogP) is 0.421. The summed E-state index contributed by atoms with van der Waals surface area (Å²) in [6.45, 7) is 0. The third-order valence-electron chi connectivity index (χ3n) is 2.96. The summed E-state index contributed by atoms with van der Waals surface area (Å²) in [4.78, 5) is 11.3. The number of hydrogen-bond acceptors (Lipinski definition) is 2. The number of hydrogen-bond donors (Lipinski definition) is 3. The Bertz CT molecular complexity index is 826. The first kappa shape index (κ1) is 13.0. The average Bonchev–Trinajstić information content (AvgIpc) is 2.47. The van der Waals surface area contributed by atoms with Crippen molar-refractivity contribution >= 4 is 22.8 Å². The van der Waals surface area contributed by atoms with Crippen molar-refractivity contribution < 1.29 is 9.38 Å². The number of halogens is 1. The molecule has 0 saturated carbocycles. The van der Waals surface area contributed by atoms with Crippen LogP contribution in [0.15, 0.2) is 48.5 Å². The van der Waals surface area contributed by atoms with Crippen LogP contribution in [0.1, 0.15) is 0 Å². The molecule has 0 radical (unpaired) electrons. The Kier molecular flexibility index (Phi) is 3.19. The van der Waals surface area contributed by atoms with E-state index in [-0.39, 0.29) is 17.7 Å². The number of nitrogens with two attached hydrogens (primary N) is 2. The molecular weight excluding hydrogens is 269 g/mol. The molecule has 0 atom stereocenters. The van der Waals surface area contributed by atoms with Crippen LogP contribution in [-0.4, -0.2) is 15.9 Å². The fraction of sp³-hybridized carbons (Fsp3) is 0. The van der Waals surface area contributed by atoms with Gasteiger partial charge in [0.2, 0.25) is 0 Å². The van der Waals surface area contributed by atoms with Gasteiger partial charge in [0.25, 0.3) is 5.96 Å². The molecule has 0 aliphatic rings. The Hall–Kier alpha value is -3.02. The zero-order chi connectivity index (χ0) is 14.8. The standard InChI is InChI=1S/C15H12FN5/c16-10-6-7-12-11(8-10)13(9-4-2-1-3-5-9)20-15(19-12)21-14(17)18/h1-8H,(H4,17,18,19,20,21)/p+1. The Morgan fingerprint density at radius 3 is 2.48 bits per heavy atom. The number of fused-ring (bicyclic) bond motifs is 1. The van der Waals surface area contributed by atoms with Gasteiger partial charge >= 0.3 is 5.95 Å². The summed E-state index contributed by atoms with van der Waals surface area (Å²) in [7, 11) is 0. The van der Waals surface area contributed by atoms with Crippen LogP contribution in [0.5, 0.6) is 0 Å². The molecule has 104 valence electrons. The van der Waals surface area contributed by atoms with Crippen LogP contribution in [0.25, 0.3) is 22.2 Å². The molecular formula is C15H13FN5+. The summed E-state index contributed by atoms with van der Waals surface area (Å²) < 4.78 is 13.5. The Morgan fingerprint density at radius 2 is 1.76 bits per heavy atom. The minimum Gasteiger partial charge on any atom is -0.323 e. The minimum atomic E-state index is -0.339. The molecule has 0 spiro atoms. The summed E-state index contributed by atoms with van der Waals surface area (Å²) in [5.41, 5.74) is 12.9. The van der Waals surface area contributed by atoms with Crippen molar-refractivity contribution in [2.45, 2.75) is 0 Å². The molecule has 0 amide bonds. The predicted molar refractivity (Wildman–Crippen MR) is 78.9 cm³/mol. The highest BCUT2D eigenvalue weighted by molar-refractivity contribution is 5.92. The topological polar surface area (TPSA) is 91.8 Å². The summed E-state index contributed by atoms with van der Waals surface area (Å²) in [5.74, 6) is -0.0719. The van der Waals surface area contributed by atoms with Crippen LogP contribution in [0.4, 0.5) is 10.3 Å². The first-order valence-corrected chi connectivity index (χ1v) is 6.31. The number of benzene rings is 2. The molecule has 0 bridgehead atoms. The molecule has 3 rings (SSSR count).